The number of fused-ring (bicyclic) bond motifs is 1. The van der Waals surface area contributed by atoms with Crippen LogP contribution in [-0.2, 0) is 6.42 Å². The van der Waals surface area contributed by atoms with E-state index in [1.165, 1.54) is 9.71 Å². The zero-order valence-electron chi connectivity index (χ0n) is 11.2. The number of aryl methyl sites for hydroxylation is 1. The molecule has 0 fully saturated rings. The highest BCUT2D eigenvalue weighted by molar-refractivity contribution is 7.18. The topological polar surface area (TPSA) is 12.9 Å². The van der Waals surface area contributed by atoms with E-state index in [-0.39, 0.29) is 10.8 Å². The summed E-state index contributed by atoms with van der Waals surface area (Å²) in [6, 6.07) is 8.32. The van der Waals surface area contributed by atoms with Crippen LogP contribution in [0.1, 0.15) is 38.6 Å². The first kappa shape index (κ1) is 13.8. The summed E-state index contributed by atoms with van der Waals surface area (Å²) in [5, 5.41) is 1.47. The molecule has 0 saturated heterocycles. The van der Waals surface area contributed by atoms with Gasteiger partial charge in [-0.15, -0.1) is 22.9 Å². The molecule has 2 rings (SSSR count). The summed E-state index contributed by atoms with van der Waals surface area (Å²) in [5.74, 6) is 0. The van der Waals surface area contributed by atoms with Crippen molar-refractivity contribution in [3.63, 3.8) is 0 Å². The third-order valence-corrected chi connectivity index (χ3v) is 5.10. The smallest absolute Gasteiger partial charge is 0.0938 e. The van der Waals surface area contributed by atoms with Crippen LogP contribution >= 0.6 is 22.9 Å². The van der Waals surface area contributed by atoms with Crippen LogP contribution in [0, 0.1) is 5.41 Å². The molecule has 0 aliphatic rings. The highest BCUT2D eigenvalue weighted by atomic mass is 35.5. The van der Waals surface area contributed by atoms with Crippen molar-refractivity contribution in [2.75, 3.05) is 0 Å². The lowest BCUT2D eigenvalue weighted by atomic mass is 9.89. The number of halogens is 1. The third-order valence-electron chi connectivity index (χ3n) is 3.13. The van der Waals surface area contributed by atoms with E-state index in [0.717, 1.165) is 24.8 Å². The molecule has 1 atom stereocenters. The van der Waals surface area contributed by atoms with E-state index in [1.54, 1.807) is 11.3 Å². The number of thiazole rings is 1. The Hall–Kier alpha value is -0.600. The number of hydrogen-bond acceptors (Lipinski definition) is 2. The first-order valence-corrected chi connectivity index (χ1v) is 7.70. The van der Waals surface area contributed by atoms with E-state index in [1.807, 2.05) is 6.07 Å². The Balaban J connectivity index is 1.91. The quantitative estimate of drug-likeness (QED) is 0.696. The Kier molecular flexibility index (Phi) is 4.29. The molecule has 1 aromatic heterocycles. The fourth-order valence-electron chi connectivity index (χ4n) is 1.89. The fraction of sp³-hybridized carbons (Fsp3) is 0.533. The lowest BCUT2D eigenvalue weighted by molar-refractivity contribution is 0.369. The second kappa shape index (κ2) is 5.58. The van der Waals surface area contributed by atoms with Gasteiger partial charge in [0.25, 0.3) is 0 Å². The van der Waals surface area contributed by atoms with E-state index >= 15 is 0 Å². The fourth-order valence-corrected chi connectivity index (χ4v) is 3.06. The van der Waals surface area contributed by atoms with Crippen molar-refractivity contribution in [3.05, 3.63) is 29.3 Å². The summed E-state index contributed by atoms with van der Waals surface area (Å²) >= 11 is 8.19. The van der Waals surface area contributed by atoms with Gasteiger partial charge < -0.3 is 0 Å². The monoisotopic (exact) mass is 281 g/mol. The van der Waals surface area contributed by atoms with Crippen LogP contribution in [-0.4, -0.2) is 10.4 Å². The van der Waals surface area contributed by atoms with Crippen molar-refractivity contribution in [2.24, 2.45) is 5.41 Å². The van der Waals surface area contributed by atoms with Crippen molar-refractivity contribution in [2.45, 2.75) is 45.4 Å². The first-order chi connectivity index (χ1) is 8.47. The molecule has 0 N–H and O–H groups in total. The van der Waals surface area contributed by atoms with E-state index < -0.39 is 0 Å². The van der Waals surface area contributed by atoms with E-state index in [9.17, 15) is 0 Å². The van der Waals surface area contributed by atoms with Gasteiger partial charge in [0.05, 0.1) is 15.2 Å². The number of rotatable bonds is 4. The lowest BCUT2D eigenvalue weighted by Crippen LogP contribution is -2.20. The number of para-hydroxylation sites is 1. The highest BCUT2D eigenvalue weighted by Gasteiger charge is 2.21. The molecule has 18 heavy (non-hydrogen) atoms. The molecule has 0 spiro atoms. The average Bonchev–Trinajstić information content (AvgIpc) is 2.70. The summed E-state index contributed by atoms with van der Waals surface area (Å²) in [6.45, 7) is 6.59. The van der Waals surface area contributed by atoms with Gasteiger partial charge in [-0.25, -0.2) is 4.98 Å². The van der Waals surface area contributed by atoms with Crippen LogP contribution in [0.2, 0.25) is 0 Å². The van der Waals surface area contributed by atoms with Crippen molar-refractivity contribution >= 4 is 33.2 Å². The Bertz CT molecular complexity index is 479. The Labute approximate surface area is 118 Å². The molecule has 0 radical (unpaired) electrons. The molecule has 98 valence electrons. The maximum absolute atomic E-state index is 6.38. The Morgan fingerprint density at radius 1 is 1.28 bits per heavy atom. The lowest BCUT2D eigenvalue weighted by Gasteiger charge is -2.24. The predicted octanol–water partition coefficient (Wildman–Crippen LogP) is 5.27. The third kappa shape index (κ3) is 3.46. The van der Waals surface area contributed by atoms with Gasteiger partial charge in [0.2, 0.25) is 0 Å². The Morgan fingerprint density at radius 2 is 2.00 bits per heavy atom. The van der Waals surface area contributed by atoms with Crippen LogP contribution in [0.3, 0.4) is 0 Å². The van der Waals surface area contributed by atoms with Gasteiger partial charge in [-0.2, -0.15) is 0 Å². The van der Waals surface area contributed by atoms with Crippen LogP contribution in [0.25, 0.3) is 10.2 Å². The van der Waals surface area contributed by atoms with Gasteiger partial charge in [-0.1, -0.05) is 32.9 Å². The molecule has 1 aromatic carbocycles. The van der Waals surface area contributed by atoms with Crippen molar-refractivity contribution in [1.82, 2.24) is 4.98 Å². The molecule has 1 nitrogen and oxygen atoms in total. The molecule has 0 amide bonds. The van der Waals surface area contributed by atoms with E-state index in [2.05, 4.69) is 44.0 Å². The van der Waals surface area contributed by atoms with Crippen LogP contribution in [0.15, 0.2) is 24.3 Å². The zero-order valence-corrected chi connectivity index (χ0v) is 12.8. The molecule has 2 aromatic rings. The average molecular weight is 282 g/mol. The molecular formula is C15H20ClNS. The second-order valence-corrected chi connectivity index (χ2v) is 7.44. The van der Waals surface area contributed by atoms with Gasteiger partial charge in [0.1, 0.15) is 0 Å². The van der Waals surface area contributed by atoms with Gasteiger partial charge in [0.15, 0.2) is 0 Å². The van der Waals surface area contributed by atoms with Crippen LogP contribution in [0.4, 0.5) is 0 Å². The summed E-state index contributed by atoms with van der Waals surface area (Å²) in [6.07, 6.45) is 3.21. The minimum absolute atomic E-state index is 0.190. The molecule has 0 saturated carbocycles. The molecular weight excluding hydrogens is 262 g/mol. The molecule has 3 heteroatoms. The van der Waals surface area contributed by atoms with Gasteiger partial charge in [-0.3, -0.25) is 0 Å². The van der Waals surface area contributed by atoms with E-state index in [0.29, 0.717) is 0 Å². The van der Waals surface area contributed by atoms with Crippen LogP contribution < -0.4 is 0 Å². The molecule has 1 heterocycles. The minimum atomic E-state index is 0.190. The summed E-state index contributed by atoms with van der Waals surface area (Å²) in [5.41, 5.74) is 1.31. The number of nitrogens with zero attached hydrogens (tertiary/aromatic N) is 1. The second-order valence-electron chi connectivity index (χ2n) is 5.80. The molecule has 0 bridgehead atoms. The number of hydrogen-bond donors (Lipinski definition) is 0. The van der Waals surface area contributed by atoms with Crippen molar-refractivity contribution in [1.29, 1.82) is 0 Å². The van der Waals surface area contributed by atoms with Crippen LogP contribution in [0.5, 0.6) is 0 Å². The highest BCUT2D eigenvalue weighted by Crippen LogP contribution is 2.29. The number of aromatic nitrogens is 1. The van der Waals surface area contributed by atoms with Gasteiger partial charge in [-0.05, 0) is 36.8 Å². The van der Waals surface area contributed by atoms with E-state index in [4.69, 9.17) is 11.6 Å². The van der Waals surface area contributed by atoms with Gasteiger partial charge >= 0.3 is 0 Å². The summed E-state index contributed by atoms with van der Waals surface area (Å²) < 4.78 is 1.28. The maximum Gasteiger partial charge on any atom is 0.0938 e. The number of alkyl halides is 1. The Morgan fingerprint density at radius 3 is 2.67 bits per heavy atom. The van der Waals surface area contributed by atoms with Crippen molar-refractivity contribution < 1.29 is 0 Å². The van der Waals surface area contributed by atoms with Crippen molar-refractivity contribution in [3.8, 4) is 0 Å². The zero-order chi connectivity index (χ0) is 13.2. The number of benzene rings is 1. The minimum Gasteiger partial charge on any atom is -0.241 e. The molecule has 1 unspecified atom stereocenters. The normalized spacial score (nSPS) is 14.0. The van der Waals surface area contributed by atoms with Gasteiger partial charge in [0, 0.05) is 5.38 Å². The molecule has 0 aliphatic heterocycles. The summed E-state index contributed by atoms with van der Waals surface area (Å²) in [7, 11) is 0. The standard InChI is InChI=1S/C15H20ClNS/c1-15(2,3)13(16)9-6-10-14-17-11-7-4-5-8-12(11)18-14/h4-5,7-8,13H,6,9-10H2,1-3H3. The largest absolute Gasteiger partial charge is 0.241 e. The SMILES string of the molecule is CC(C)(C)C(Cl)CCCc1nc2ccccc2s1. The maximum atomic E-state index is 6.38. The summed E-state index contributed by atoms with van der Waals surface area (Å²) in [4.78, 5) is 4.65. The first-order valence-electron chi connectivity index (χ1n) is 6.45. The predicted molar refractivity (Wildman–Crippen MR) is 81.7 cm³/mol. The molecule has 0 aliphatic carbocycles.